The zero-order valence-corrected chi connectivity index (χ0v) is 18.7. The molecule has 0 heterocycles. The first kappa shape index (κ1) is 21.5. The Bertz CT molecular complexity index is 699. The molecule has 0 bridgehead atoms. The summed E-state index contributed by atoms with van der Waals surface area (Å²) in [7, 11) is 4.21. The Morgan fingerprint density at radius 2 is 1.07 bits per heavy atom. The van der Waals surface area contributed by atoms with Crippen molar-refractivity contribution < 1.29 is 0 Å². The Labute approximate surface area is 167 Å². The summed E-state index contributed by atoms with van der Waals surface area (Å²) in [6, 6.07) is 20.4. The van der Waals surface area contributed by atoms with Gasteiger partial charge in [-0.15, -0.1) is 0 Å². The Kier molecular flexibility index (Phi) is 6.78. The lowest BCUT2D eigenvalue weighted by atomic mass is 9.54. The minimum absolute atomic E-state index is 0.0671. The van der Waals surface area contributed by atoms with Gasteiger partial charge < -0.3 is 4.90 Å². The maximum atomic E-state index is 2.49. The molecule has 0 aliphatic carbocycles. The van der Waals surface area contributed by atoms with Crippen LogP contribution in [0.2, 0.25) is 0 Å². The third-order valence-corrected chi connectivity index (χ3v) is 6.28. The molecule has 2 rings (SSSR count). The highest BCUT2D eigenvalue weighted by atomic mass is 15.1. The van der Waals surface area contributed by atoms with Crippen molar-refractivity contribution >= 4 is 5.69 Å². The van der Waals surface area contributed by atoms with Crippen molar-refractivity contribution in [3.8, 4) is 0 Å². The SMILES string of the molecule is CC(C)C[C@@](C)(c1ccccc1)[C@](C)(CC(C)C)c1ccc(N(C)C)cc1. The van der Waals surface area contributed by atoms with Crippen LogP contribution in [0.15, 0.2) is 54.6 Å². The van der Waals surface area contributed by atoms with Crippen LogP contribution in [0.3, 0.4) is 0 Å². The first-order valence-electron chi connectivity index (χ1n) is 10.4. The van der Waals surface area contributed by atoms with Crippen LogP contribution in [0.1, 0.15) is 65.5 Å². The zero-order valence-electron chi connectivity index (χ0n) is 18.7. The molecule has 2 aromatic rings. The van der Waals surface area contributed by atoms with E-state index in [0.717, 1.165) is 0 Å². The molecule has 0 amide bonds. The second-order valence-corrected chi connectivity index (χ2v) is 9.67. The fraction of sp³-hybridized carbons (Fsp3) is 0.538. The lowest BCUT2D eigenvalue weighted by Crippen LogP contribution is -2.47. The third kappa shape index (κ3) is 4.57. The summed E-state index contributed by atoms with van der Waals surface area (Å²) in [4.78, 5) is 2.17. The van der Waals surface area contributed by atoms with Crippen molar-refractivity contribution in [1.29, 1.82) is 0 Å². The lowest BCUT2D eigenvalue weighted by Gasteiger charge is -2.50. The van der Waals surface area contributed by atoms with E-state index in [1.807, 2.05) is 0 Å². The predicted molar refractivity (Wildman–Crippen MR) is 121 cm³/mol. The molecule has 0 saturated heterocycles. The molecule has 0 fully saturated rings. The molecule has 27 heavy (non-hydrogen) atoms. The number of anilines is 1. The van der Waals surface area contributed by atoms with Gasteiger partial charge in [0.05, 0.1) is 0 Å². The van der Waals surface area contributed by atoms with E-state index in [1.165, 1.54) is 29.7 Å². The van der Waals surface area contributed by atoms with Gasteiger partial charge in [0.15, 0.2) is 0 Å². The van der Waals surface area contributed by atoms with E-state index >= 15 is 0 Å². The van der Waals surface area contributed by atoms with Crippen LogP contribution >= 0.6 is 0 Å². The van der Waals surface area contributed by atoms with Crippen LogP contribution in [-0.4, -0.2) is 14.1 Å². The second kappa shape index (κ2) is 8.50. The monoisotopic (exact) mass is 365 g/mol. The van der Waals surface area contributed by atoms with Gasteiger partial charge in [0, 0.05) is 30.6 Å². The van der Waals surface area contributed by atoms with Crippen LogP contribution in [0, 0.1) is 11.8 Å². The van der Waals surface area contributed by atoms with Gasteiger partial charge in [-0.05, 0) is 47.9 Å². The van der Waals surface area contributed by atoms with Crippen molar-refractivity contribution in [2.75, 3.05) is 19.0 Å². The van der Waals surface area contributed by atoms with Gasteiger partial charge in [-0.25, -0.2) is 0 Å². The van der Waals surface area contributed by atoms with E-state index in [0.29, 0.717) is 11.8 Å². The van der Waals surface area contributed by atoms with Crippen molar-refractivity contribution in [2.24, 2.45) is 11.8 Å². The number of rotatable bonds is 8. The molecule has 2 aromatic carbocycles. The molecule has 0 aliphatic rings. The molecule has 148 valence electrons. The summed E-state index contributed by atoms with van der Waals surface area (Å²) in [6.07, 6.45) is 2.35. The first-order chi connectivity index (χ1) is 12.6. The lowest BCUT2D eigenvalue weighted by molar-refractivity contribution is 0.179. The van der Waals surface area contributed by atoms with Crippen LogP contribution in [0.25, 0.3) is 0 Å². The summed E-state index contributed by atoms with van der Waals surface area (Å²) in [5.74, 6) is 1.28. The average Bonchev–Trinajstić information content (AvgIpc) is 2.61. The summed E-state index contributed by atoms with van der Waals surface area (Å²) >= 11 is 0. The normalized spacial score (nSPS) is 16.2. The third-order valence-electron chi connectivity index (χ3n) is 6.28. The topological polar surface area (TPSA) is 3.24 Å². The molecule has 0 saturated carbocycles. The Balaban J connectivity index is 2.65. The van der Waals surface area contributed by atoms with Gasteiger partial charge in [0.25, 0.3) is 0 Å². The maximum absolute atomic E-state index is 2.49. The van der Waals surface area contributed by atoms with E-state index < -0.39 is 0 Å². The Hall–Kier alpha value is -1.76. The van der Waals surface area contributed by atoms with Crippen LogP contribution < -0.4 is 4.90 Å². The van der Waals surface area contributed by atoms with Crippen LogP contribution in [0.5, 0.6) is 0 Å². The summed E-state index contributed by atoms with van der Waals surface area (Å²) in [6.45, 7) is 14.4. The predicted octanol–water partition coefficient (Wildman–Crippen LogP) is 7.06. The van der Waals surface area contributed by atoms with Gasteiger partial charge in [-0.2, -0.15) is 0 Å². The van der Waals surface area contributed by atoms with Gasteiger partial charge in [0.2, 0.25) is 0 Å². The summed E-state index contributed by atoms with van der Waals surface area (Å²) in [5.41, 5.74) is 4.31. The fourth-order valence-electron chi connectivity index (χ4n) is 4.89. The molecular formula is C26H39N. The largest absolute Gasteiger partial charge is 0.378 e. The molecule has 2 atom stereocenters. The summed E-state index contributed by atoms with van der Waals surface area (Å²) < 4.78 is 0. The van der Waals surface area contributed by atoms with Crippen LogP contribution in [0.4, 0.5) is 5.69 Å². The highest BCUT2D eigenvalue weighted by molar-refractivity contribution is 5.49. The van der Waals surface area contributed by atoms with E-state index in [1.54, 1.807) is 0 Å². The van der Waals surface area contributed by atoms with Crippen molar-refractivity contribution in [2.45, 2.75) is 65.2 Å². The van der Waals surface area contributed by atoms with Crippen molar-refractivity contribution in [1.82, 2.24) is 0 Å². The van der Waals surface area contributed by atoms with E-state index in [2.05, 4.69) is 115 Å². The first-order valence-corrected chi connectivity index (χ1v) is 10.4. The quantitative estimate of drug-likeness (QED) is 0.484. The molecule has 0 aliphatic heterocycles. The maximum Gasteiger partial charge on any atom is 0.0361 e. The highest BCUT2D eigenvalue weighted by Gasteiger charge is 2.47. The van der Waals surface area contributed by atoms with Crippen molar-refractivity contribution in [3.05, 3.63) is 65.7 Å². The number of hydrogen-bond donors (Lipinski definition) is 0. The van der Waals surface area contributed by atoms with E-state index in [-0.39, 0.29) is 10.8 Å². The molecular weight excluding hydrogens is 326 g/mol. The smallest absolute Gasteiger partial charge is 0.0361 e. The number of nitrogens with zero attached hydrogens (tertiary/aromatic N) is 1. The molecule has 1 nitrogen and oxygen atoms in total. The van der Waals surface area contributed by atoms with Gasteiger partial charge in [0.1, 0.15) is 0 Å². The summed E-state index contributed by atoms with van der Waals surface area (Å²) in [5, 5.41) is 0. The average molecular weight is 366 g/mol. The molecule has 0 aromatic heterocycles. The minimum Gasteiger partial charge on any atom is -0.378 e. The molecule has 0 N–H and O–H groups in total. The highest BCUT2D eigenvalue weighted by Crippen LogP contribution is 2.51. The molecule has 0 radical (unpaired) electrons. The Morgan fingerprint density at radius 3 is 1.44 bits per heavy atom. The number of benzene rings is 2. The van der Waals surface area contributed by atoms with Crippen molar-refractivity contribution in [3.63, 3.8) is 0 Å². The Morgan fingerprint density at radius 1 is 0.667 bits per heavy atom. The molecule has 0 unspecified atom stereocenters. The molecule has 1 heteroatoms. The van der Waals surface area contributed by atoms with E-state index in [4.69, 9.17) is 0 Å². The van der Waals surface area contributed by atoms with Crippen LogP contribution in [-0.2, 0) is 10.8 Å². The standard InChI is InChI=1S/C26H39N/c1-20(2)18-25(5,22-12-10-9-11-13-22)26(6,19-21(3)4)23-14-16-24(17-15-23)27(7)8/h9-17,20-21H,18-19H2,1-8H3/t25-,26+/m0/s1. The number of hydrogen-bond acceptors (Lipinski definition) is 1. The zero-order chi connectivity index (χ0) is 20.2. The second-order valence-electron chi connectivity index (χ2n) is 9.67. The molecule has 0 spiro atoms. The van der Waals surface area contributed by atoms with Gasteiger partial charge in [-0.1, -0.05) is 84.0 Å². The van der Waals surface area contributed by atoms with Gasteiger partial charge in [-0.3, -0.25) is 0 Å². The van der Waals surface area contributed by atoms with Gasteiger partial charge >= 0.3 is 0 Å². The van der Waals surface area contributed by atoms with E-state index in [9.17, 15) is 0 Å². The minimum atomic E-state index is 0.0671. The fourth-order valence-corrected chi connectivity index (χ4v) is 4.89.